The van der Waals surface area contributed by atoms with E-state index >= 15 is 0 Å². The summed E-state index contributed by atoms with van der Waals surface area (Å²) in [4.78, 5) is 38.8. The Labute approximate surface area is 418 Å². The van der Waals surface area contributed by atoms with Gasteiger partial charge in [0.1, 0.15) is 24.1 Å². The summed E-state index contributed by atoms with van der Waals surface area (Å²) >= 11 is 0. The van der Waals surface area contributed by atoms with Crippen molar-refractivity contribution >= 4 is 95.9 Å². The molecule has 3 unspecified atom stereocenters. The van der Waals surface area contributed by atoms with E-state index in [0.717, 1.165) is 17.0 Å². The molecule has 6 N–H and O–H groups in total. The number of carbonyl (C=O) groups is 3. The van der Waals surface area contributed by atoms with Gasteiger partial charge in [-0.25, -0.2) is 13.2 Å². The Morgan fingerprint density at radius 2 is 1.40 bits per heavy atom. The number of benzene rings is 2. The number of hydrogen-bond acceptors (Lipinski definition) is 18. The van der Waals surface area contributed by atoms with Gasteiger partial charge in [0, 0.05) is 66.1 Å². The molecule has 0 aromatic heterocycles. The lowest BCUT2D eigenvalue weighted by Crippen LogP contribution is -2.48. The standard InChI is InChI=1S/C41H55N3O19S5.O3S/c1-40(2)31-13-6-7-14-34(31)43(20-10-22-64(49,50)51)36(40)15-9-16-37-41(3,32-25-30(68(61,62)63)17-18-35(32)44(37)21-11-23-65(52,53)54)19-8-4-5-12-29(45)24-28(26-66(55,56)57)38(46)42-33(39(47)48)27-67(58,59)60;1-4(2)3/h6-7,9,13-18,25,28,33H,4-5,8,10-12,19-24,26-27H2,1-3H3,(H6-,42,46,47,48,49,50,51,52,53,54,55,56,57,58,59,60,61,62,63);. The summed E-state index contributed by atoms with van der Waals surface area (Å²) in [7, 11) is -26.6. The fraction of sp³-hybridized carbons (Fsp3) is 0.512. The Morgan fingerprint density at radius 3 is 1.96 bits per heavy atom. The highest BCUT2D eigenvalue weighted by Gasteiger charge is 2.46. The summed E-state index contributed by atoms with van der Waals surface area (Å²) in [6.07, 6.45) is 5.15. The van der Waals surface area contributed by atoms with Crippen LogP contribution in [0.5, 0.6) is 0 Å². The number of carboxylic acid groups (broad SMARTS) is 1. The fourth-order valence-electron chi connectivity index (χ4n) is 8.62. The third kappa shape index (κ3) is 18.6. The molecule has 402 valence electrons. The zero-order valence-electron chi connectivity index (χ0n) is 38.8. The van der Waals surface area contributed by atoms with E-state index in [-0.39, 0.29) is 45.2 Å². The first kappa shape index (κ1) is 61.5. The van der Waals surface area contributed by atoms with Crippen LogP contribution in [0.1, 0.15) is 83.3 Å². The number of unbranched alkanes of at least 4 members (excludes halogenated alkanes) is 2. The molecule has 2 heterocycles. The van der Waals surface area contributed by atoms with Gasteiger partial charge in [0.2, 0.25) is 11.6 Å². The Hall–Kier alpha value is -4.83. The Kier molecular flexibility index (Phi) is 20.9. The summed E-state index contributed by atoms with van der Waals surface area (Å²) in [5.41, 5.74) is 2.16. The minimum Gasteiger partial charge on any atom is -0.748 e. The second-order valence-electron chi connectivity index (χ2n) is 17.6. The van der Waals surface area contributed by atoms with Crippen LogP contribution in [0.4, 0.5) is 11.4 Å². The third-order valence-electron chi connectivity index (χ3n) is 11.8. The number of hydrogen-bond donors (Lipinski definition) is 6. The molecule has 25 nitrogen and oxygen atoms in total. The van der Waals surface area contributed by atoms with E-state index in [0.29, 0.717) is 29.8 Å². The molecule has 3 atom stereocenters. The lowest BCUT2D eigenvalue weighted by Gasteiger charge is -2.30. The third-order valence-corrected chi connectivity index (χ3v) is 15.8. The molecular formula is C41H55N3O22S6. The van der Waals surface area contributed by atoms with Gasteiger partial charge in [-0.15, -0.1) is 12.6 Å². The van der Waals surface area contributed by atoms with Crippen LogP contribution in [0.15, 0.2) is 71.3 Å². The first-order valence-electron chi connectivity index (χ1n) is 21.5. The molecule has 2 aliphatic rings. The van der Waals surface area contributed by atoms with Crippen molar-refractivity contribution in [2.45, 2.75) is 93.9 Å². The van der Waals surface area contributed by atoms with Gasteiger partial charge in [-0.1, -0.05) is 37.1 Å². The molecule has 0 aliphatic carbocycles. The minimum absolute atomic E-state index is 0.00635. The number of Topliss-reactive ketones (excluding diaryl/α,β-unsaturated/α-hetero) is 1. The molecule has 2 aromatic rings. The van der Waals surface area contributed by atoms with E-state index in [1.165, 1.54) is 18.2 Å². The van der Waals surface area contributed by atoms with E-state index < -0.39 is 136 Å². The SMILES string of the molecule is CC1(C)C(/C=C/C=C2/N(CCCS(=O)(=O)O)c3ccc(S(=O)(=O)O)cc3C2(C)CCCCCC(=O)CC(CS(=O)(=O)O)C(=O)NC(CS(=O)(=O)O)C(=O)O)=[N+](CCCS(=O)(=O)[O-])c2ccccc21.O=S(=O)=O. The number of aliphatic carboxylic acids is 1. The van der Waals surface area contributed by atoms with Crippen molar-refractivity contribution in [2.24, 2.45) is 5.92 Å². The fourth-order valence-corrected chi connectivity index (χ4v) is 11.5. The number of carboxylic acids is 1. The van der Waals surface area contributed by atoms with Gasteiger partial charge in [-0.3, -0.25) is 27.8 Å². The molecule has 4 rings (SSSR count). The van der Waals surface area contributed by atoms with Gasteiger partial charge in [0.05, 0.1) is 37.9 Å². The molecule has 0 saturated heterocycles. The number of rotatable bonds is 26. The topological polar surface area (TPSA) is 416 Å². The maximum Gasteiger partial charge on any atom is 0.425 e. The molecule has 0 spiro atoms. The highest BCUT2D eigenvalue weighted by Crippen LogP contribution is 2.51. The number of fused-ring (bicyclic) bond motifs is 2. The first-order valence-corrected chi connectivity index (χ1v) is 30.3. The molecule has 31 heteroatoms. The lowest BCUT2D eigenvalue weighted by molar-refractivity contribution is -0.437. The van der Waals surface area contributed by atoms with Crippen LogP contribution in [-0.4, -0.2) is 153 Å². The predicted molar refractivity (Wildman–Crippen MR) is 256 cm³/mol. The van der Waals surface area contributed by atoms with Gasteiger partial charge in [0.15, 0.2) is 5.71 Å². The highest BCUT2D eigenvalue weighted by atomic mass is 32.2. The van der Waals surface area contributed by atoms with Gasteiger partial charge < -0.3 is 19.9 Å². The van der Waals surface area contributed by atoms with Crippen molar-refractivity contribution in [1.82, 2.24) is 5.32 Å². The number of para-hydroxylation sites is 1. The van der Waals surface area contributed by atoms with E-state index in [1.54, 1.807) is 35.4 Å². The number of amides is 1. The second-order valence-corrected chi connectivity index (χ2v) is 25.5. The van der Waals surface area contributed by atoms with Crippen LogP contribution in [0.3, 0.4) is 0 Å². The minimum atomic E-state index is -4.93. The Morgan fingerprint density at radius 1 is 0.792 bits per heavy atom. The van der Waals surface area contributed by atoms with E-state index in [4.69, 9.17) is 17.2 Å². The number of ketones is 1. The highest BCUT2D eigenvalue weighted by molar-refractivity contribution is 7.86. The van der Waals surface area contributed by atoms with Crippen LogP contribution >= 0.6 is 0 Å². The molecular weight excluding hydrogens is 1080 g/mol. The molecule has 0 saturated carbocycles. The quantitative estimate of drug-likeness (QED) is 0.0442. The largest absolute Gasteiger partial charge is 0.748 e. The number of allylic oxidation sites excluding steroid dienone is 4. The average Bonchev–Trinajstić information content (AvgIpc) is 3.56. The molecule has 72 heavy (non-hydrogen) atoms. The molecule has 0 fully saturated rings. The molecule has 0 radical (unpaired) electrons. The Bertz CT molecular complexity index is 3180. The molecule has 0 bridgehead atoms. The van der Waals surface area contributed by atoms with Crippen LogP contribution in [0, 0.1) is 5.92 Å². The van der Waals surface area contributed by atoms with Crippen molar-refractivity contribution < 1.29 is 102 Å². The summed E-state index contributed by atoms with van der Waals surface area (Å²) in [6, 6.07) is 9.17. The van der Waals surface area contributed by atoms with Gasteiger partial charge in [-0.05, 0) is 69.9 Å². The predicted octanol–water partition coefficient (Wildman–Crippen LogP) is 1.61. The first-order chi connectivity index (χ1) is 32.9. The molecule has 2 aromatic carbocycles. The smallest absolute Gasteiger partial charge is 0.425 e. The van der Waals surface area contributed by atoms with Gasteiger partial charge >= 0.3 is 16.6 Å². The summed E-state index contributed by atoms with van der Waals surface area (Å²) in [5, 5.41) is 11.1. The monoisotopic (exact) mass is 1130 g/mol. The number of anilines is 1. The van der Waals surface area contributed by atoms with E-state index in [1.807, 2.05) is 42.7 Å². The maximum atomic E-state index is 13.1. The van der Waals surface area contributed by atoms with E-state index in [2.05, 4.69) is 0 Å². The van der Waals surface area contributed by atoms with E-state index in [9.17, 15) is 79.8 Å². The van der Waals surface area contributed by atoms with Crippen molar-refractivity contribution in [3.8, 4) is 0 Å². The van der Waals surface area contributed by atoms with Crippen molar-refractivity contribution in [3.63, 3.8) is 0 Å². The molecule has 2 aliphatic heterocycles. The van der Waals surface area contributed by atoms with Crippen LogP contribution in [0.25, 0.3) is 0 Å². The van der Waals surface area contributed by atoms with Crippen LogP contribution in [-0.2, 0) is 86.4 Å². The zero-order chi connectivity index (χ0) is 54.8. The lowest BCUT2D eigenvalue weighted by atomic mass is 9.77. The summed E-state index contributed by atoms with van der Waals surface area (Å²) in [6.45, 7) is 5.91. The summed E-state index contributed by atoms with van der Waals surface area (Å²) in [5.74, 6) is -9.81. The number of carbonyl (C=O) groups excluding carboxylic acids is 2. The normalized spacial score (nSPS) is 18.3. The number of nitrogens with zero attached hydrogens (tertiary/aromatic N) is 2. The van der Waals surface area contributed by atoms with Gasteiger partial charge in [0.25, 0.3) is 40.5 Å². The maximum absolute atomic E-state index is 13.1. The van der Waals surface area contributed by atoms with Gasteiger partial charge in [-0.2, -0.15) is 38.2 Å². The van der Waals surface area contributed by atoms with Crippen molar-refractivity contribution in [1.29, 1.82) is 0 Å². The Balaban J connectivity index is 0.00000329. The average molecular weight is 1130 g/mol. The molecule has 1 amide bonds. The van der Waals surface area contributed by atoms with Crippen molar-refractivity contribution in [3.05, 3.63) is 77.5 Å². The van der Waals surface area contributed by atoms with Crippen molar-refractivity contribution in [2.75, 3.05) is 41.0 Å². The number of nitrogens with one attached hydrogen (secondary N) is 1. The van der Waals surface area contributed by atoms with Crippen LogP contribution < -0.4 is 10.2 Å². The summed E-state index contributed by atoms with van der Waals surface area (Å²) < 4.78 is 194. The van der Waals surface area contributed by atoms with Crippen LogP contribution in [0.2, 0.25) is 0 Å². The zero-order valence-corrected chi connectivity index (χ0v) is 43.7. The second kappa shape index (κ2) is 24.5.